The molecule has 0 bridgehead atoms. The first kappa shape index (κ1) is 47.7. The molecule has 0 radical (unpaired) electrons. The number of nitrogens with zero attached hydrogens (tertiary/aromatic N) is 2. The summed E-state index contributed by atoms with van der Waals surface area (Å²) in [6.45, 7) is 6.89. The van der Waals surface area contributed by atoms with Crippen molar-refractivity contribution in [2.24, 2.45) is 0 Å². The average molecular weight is 731 g/mol. The van der Waals surface area contributed by atoms with Crippen LogP contribution < -0.4 is 10.6 Å². The van der Waals surface area contributed by atoms with Crippen LogP contribution in [0.1, 0.15) is 194 Å². The minimum atomic E-state index is -0.491. The number of rotatable bonds is 36. The molecule has 52 heavy (non-hydrogen) atoms. The van der Waals surface area contributed by atoms with Crippen LogP contribution in [-0.2, 0) is 9.47 Å². The summed E-state index contributed by atoms with van der Waals surface area (Å²) in [5.41, 5.74) is 1.21. The quantitative estimate of drug-likeness (QED) is 0.0528. The molecule has 2 N–H and O–H groups in total. The van der Waals surface area contributed by atoms with E-state index in [1.165, 1.54) is 167 Å². The summed E-state index contributed by atoms with van der Waals surface area (Å²) in [6.07, 6.45) is 36.7. The Morgan fingerprint density at radius 1 is 0.423 bits per heavy atom. The molecule has 1 aromatic rings. The van der Waals surface area contributed by atoms with Crippen LogP contribution in [0.5, 0.6) is 0 Å². The number of hydrogen-bond acceptors (Lipinski definition) is 6. The first-order valence-corrected chi connectivity index (χ1v) is 21.8. The molecule has 0 saturated carbocycles. The highest BCUT2D eigenvalue weighted by atomic mass is 16.6. The third kappa shape index (κ3) is 31.2. The van der Waals surface area contributed by atoms with Crippen molar-refractivity contribution < 1.29 is 19.1 Å². The molecular formula is C44H82N4O4. The molecule has 0 atom stereocenters. The maximum absolute atomic E-state index is 12.3. The lowest BCUT2D eigenvalue weighted by Crippen LogP contribution is -2.27. The second kappa shape index (κ2) is 35.7. The molecule has 302 valence electrons. The van der Waals surface area contributed by atoms with Crippen LogP contribution in [0.25, 0.3) is 0 Å². The standard InChI is InChI=1S/C44H82N4O4/c1-5-7-9-11-13-15-17-19-21-23-25-27-29-31-37-47(3)39-51-43(49)45-41-33-35-42(36-34-41)46-44(50)52-40-48(4)38-32-30-28-26-24-22-20-18-16-14-12-10-8-6-2/h33-36H,5-32,37-40H2,1-4H3,(H,45,49)(H,46,50). The minimum Gasteiger partial charge on any atom is -0.433 e. The molecule has 0 aliphatic rings. The minimum absolute atomic E-state index is 0.254. The third-order valence-electron chi connectivity index (χ3n) is 10.00. The molecule has 0 fully saturated rings. The summed E-state index contributed by atoms with van der Waals surface area (Å²) in [4.78, 5) is 28.7. The predicted octanol–water partition coefficient (Wildman–Crippen LogP) is 13.5. The Hall–Kier alpha value is -2.32. The number of amides is 2. The van der Waals surface area contributed by atoms with E-state index in [9.17, 15) is 9.59 Å². The molecule has 0 aromatic heterocycles. The Morgan fingerprint density at radius 3 is 0.904 bits per heavy atom. The molecule has 0 spiro atoms. The fourth-order valence-corrected chi connectivity index (χ4v) is 6.56. The normalized spacial score (nSPS) is 11.3. The van der Waals surface area contributed by atoms with Gasteiger partial charge < -0.3 is 9.47 Å². The van der Waals surface area contributed by atoms with Gasteiger partial charge in [0.2, 0.25) is 0 Å². The third-order valence-corrected chi connectivity index (χ3v) is 10.00. The lowest BCUT2D eigenvalue weighted by molar-refractivity contribution is 0.0917. The van der Waals surface area contributed by atoms with E-state index < -0.39 is 12.2 Å². The monoisotopic (exact) mass is 731 g/mol. The van der Waals surface area contributed by atoms with Gasteiger partial charge in [0.05, 0.1) is 0 Å². The van der Waals surface area contributed by atoms with E-state index in [4.69, 9.17) is 9.47 Å². The predicted molar refractivity (Wildman–Crippen MR) is 222 cm³/mol. The second-order valence-electron chi connectivity index (χ2n) is 15.3. The van der Waals surface area contributed by atoms with Crippen LogP contribution in [0.2, 0.25) is 0 Å². The molecule has 1 rings (SSSR count). The van der Waals surface area contributed by atoms with Crippen molar-refractivity contribution in [3.05, 3.63) is 24.3 Å². The Morgan fingerprint density at radius 2 is 0.654 bits per heavy atom. The molecule has 1 aromatic carbocycles. The highest BCUT2D eigenvalue weighted by molar-refractivity contribution is 5.87. The van der Waals surface area contributed by atoms with E-state index in [1.54, 1.807) is 24.3 Å². The van der Waals surface area contributed by atoms with Gasteiger partial charge >= 0.3 is 12.2 Å². The summed E-state index contributed by atoms with van der Waals surface area (Å²) >= 11 is 0. The zero-order valence-corrected chi connectivity index (χ0v) is 34.5. The zero-order chi connectivity index (χ0) is 37.7. The molecule has 8 nitrogen and oxygen atoms in total. The van der Waals surface area contributed by atoms with Crippen LogP contribution in [0.3, 0.4) is 0 Å². The number of carbonyl (C=O) groups is 2. The molecule has 0 aliphatic carbocycles. The van der Waals surface area contributed by atoms with Crippen LogP contribution in [0.15, 0.2) is 24.3 Å². The molecule has 0 saturated heterocycles. The van der Waals surface area contributed by atoms with Crippen LogP contribution >= 0.6 is 0 Å². The topological polar surface area (TPSA) is 83.1 Å². The van der Waals surface area contributed by atoms with Gasteiger partial charge in [-0.25, -0.2) is 9.59 Å². The van der Waals surface area contributed by atoms with Crippen molar-refractivity contribution in [2.75, 3.05) is 51.3 Å². The zero-order valence-electron chi connectivity index (χ0n) is 34.5. The van der Waals surface area contributed by atoms with Gasteiger partial charge in [0.1, 0.15) is 13.5 Å². The molecular weight excluding hydrogens is 649 g/mol. The SMILES string of the molecule is CCCCCCCCCCCCCCCCN(C)COC(=O)Nc1ccc(NC(=O)OCN(C)CCCCCCCCCCCCCCCC)cc1. The van der Waals surface area contributed by atoms with E-state index in [-0.39, 0.29) is 13.5 Å². The lowest BCUT2D eigenvalue weighted by atomic mass is 10.0. The van der Waals surface area contributed by atoms with Crippen molar-refractivity contribution in [2.45, 2.75) is 194 Å². The smallest absolute Gasteiger partial charge is 0.412 e. The van der Waals surface area contributed by atoms with Crippen molar-refractivity contribution in [1.82, 2.24) is 9.80 Å². The van der Waals surface area contributed by atoms with E-state index >= 15 is 0 Å². The maximum atomic E-state index is 12.3. The average Bonchev–Trinajstić information content (AvgIpc) is 3.14. The number of ether oxygens (including phenoxy) is 2. The second-order valence-corrected chi connectivity index (χ2v) is 15.3. The summed E-state index contributed by atoms with van der Waals surface area (Å²) < 4.78 is 10.8. The molecule has 0 heterocycles. The number of hydrogen-bond donors (Lipinski definition) is 2. The van der Waals surface area contributed by atoms with Crippen LogP contribution in [0.4, 0.5) is 21.0 Å². The van der Waals surface area contributed by atoms with Crippen molar-refractivity contribution in [3.63, 3.8) is 0 Å². The molecule has 0 unspecified atom stereocenters. The van der Waals surface area contributed by atoms with E-state index in [0.717, 1.165) is 25.9 Å². The number of benzene rings is 1. The summed E-state index contributed by atoms with van der Waals surface area (Å²) in [6, 6.07) is 6.93. The maximum Gasteiger partial charge on any atom is 0.412 e. The fraction of sp³-hybridized carbons (Fsp3) is 0.818. The van der Waals surface area contributed by atoms with Crippen molar-refractivity contribution in [1.29, 1.82) is 0 Å². The summed E-state index contributed by atoms with van der Waals surface area (Å²) in [7, 11) is 3.96. The van der Waals surface area contributed by atoms with E-state index in [1.807, 2.05) is 23.9 Å². The Kier molecular flexibility index (Phi) is 32.7. The number of unbranched alkanes of at least 4 members (excludes halogenated alkanes) is 26. The van der Waals surface area contributed by atoms with Crippen LogP contribution in [-0.4, -0.2) is 62.6 Å². The number of anilines is 2. The van der Waals surface area contributed by atoms with Gasteiger partial charge in [-0.15, -0.1) is 0 Å². The molecule has 8 heteroatoms. The highest BCUT2D eigenvalue weighted by Gasteiger charge is 2.09. The highest BCUT2D eigenvalue weighted by Crippen LogP contribution is 2.16. The first-order chi connectivity index (χ1) is 25.4. The van der Waals surface area contributed by atoms with Crippen LogP contribution in [0, 0.1) is 0 Å². The van der Waals surface area contributed by atoms with E-state index in [2.05, 4.69) is 24.5 Å². The van der Waals surface area contributed by atoms with Gasteiger partial charge in [0, 0.05) is 24.5 Å². The van der Waals surface area contributed by atoms with Gasteiger partial charge in [-0.3, -0.25) is 20.4 Å². The first-order valence-electron chi connectivity index (χ1n) is 21.8. The largest absolute Gasteiger partial charge is 0.433 e. The molecule has 2 amide bonds. The van der Waals surface area contributed by atoms with Gasteiger partial charge in [0.25, 0.3) is 0 Å². The Bertz CT molecular complexity index is 870. The van der Waals surface area contributed by atoms with E-state index in [0.29, 0.717) is 11.4 Å². The number of nitrogens with one attached hydrogen (secondary N) is 2. The summed E-state index contributed by atoms with van der Waals surface area (Å²) in [5, 5.41) is 5.50. The number of carbonyl (C=O) groups excluding carboxylic acids is 2. The van der Waals surface area contributed by atoms with Gasteiger partial charge in [0.15, 0.2) is 0 Å². The van der Waals surface area contributed by atoms with Gasteiger partial charge in [-0.05, 0) is 51.2 Å². The van der Waals surface area contributed by atoms with Gasteiger partial charge in [-0.1, -0.05) is 181 Å². The fourth-order valence-electron chi connectivity index (χ4n) is 6.56. The molecule has 0 aliphatic heterocycles. The van der Waals surface area contributed by atoms with Crippen molar-refractivity contribution in [3.8, 4) is 0 Å². The Balaban J connectivity index is 1.99. The Labute approximate surface area is 320 Å². The van der Waals surface area contributed by atoms with Gasteiger partial charge in [-0.2, -0.15) is 0 Å². The summed E-state index contributed by atoms with van der Waals surface area (Å²) in [5.74, 6) is 0. The lowest BCUT2D eigenvalue weighted by Gasteiger charge is -2.17. The van der Waals surface area contributed by atoms with Crippen molar-refractivity contribution >= 4 is 23.6 Å².